The Hall–Kier alpha value is -2.83. The van der Waals surface area contributed by atoms with E-state index in [1.54, 1.807) is 26.4 Å². The van der Waals surface area contributed by atoms with Crippen LogP contribution in [0.25, 0.3) is 0 Å². The third-order valence-corrected chi connectivity index (χ3v) is 5.10. The second-order valence-corrected chi connectivity index (χ2v) is 6.70. The molecule has 1 aliphatic carbocycles. The fraction of sp³-hybridized carbons (Fsp3) is 0.450. The van der Waals surface area contributed by atoms with Crippen LogP contribution in [0.4, 0.5) is 0 Å². The van der Waals surface area contributed by atoms with Crippen molar-refractivity contribution in [3.63, 3.8) is 0 Å². The fourth-order valence-electron chi connectivity index (χ4n) is 3.58. The number of ether oxygens (including phenoxy) is 2. The molecule has 7 heteroatoms. The van der Waals surface area contributed by atoms with Gasteiger partial charge in [-0.3, -0.25) is 19.3 Å². The number of fused-ring (bicyclic) bond motifs is 1. The second-order valence-electron chi connectivity index (χ2n) is 6.70. The molecule has 3 amide bonds. The van der Waals surface area contributed by atoms with Crippen LogP contribution in [-0.2, 0) is 20.9 Å². The molecule has 0 saturated carbocycles. The monoisotopic (exact) mass is 372 g/mol. The average Bonchev–Trinajstić information content (AvgIpc) is 2.95. The van der Waals surface area contributed by atoms with E-state index in [1.807, 2.05) is 18.2 Å². The molecule has 3 rings (SSSR count). The zero-order chi connectivity index (χ0) is 19.4. The highest BCUT2D eigenvalue weighted by Crippen LogP contribution is 2.35. The molecule has 0 spiro atoms. The minimum absolute atomic E-state index is 0.0949. The Kier molecular flexibility index (Phi) is 5.78. The van der Waals surface area contributed by atoms with Gasteiger partial charge in [-0.1, -0.05) is 18.2 Å². The minimum atomic E-state index is -0.252. The van der Waals surface area contributed by atoms with E-state index >= 15 is 0 Å². The summed E-state index contributed by atoms with van der Waals surface area (Å²) < 4.78 is 10.4. The van der Waals surface area contributed by atoms with Gasteiger partial charge in [-0.05, 0) is 30.5 Å². The van der Waals surface area contributed by atoms with Gasteiger partial charge in [0.05, 0.1) is 26.1 Å². The number of methoxy groups -OCH3 is 2. The molecule has 1 aromatic rings. The number of amides is 3. The van der Waals surface area contributed by atoms with Gasteiger partial charge in [0.15, 0.2) is 11.5 Å². The van der Waals surface area contributed by atoms with Gasteiger partial charge in [0.2, 0.25) is 17.7 Å². The molecule has 2 unspecified atom stereocenters. The van der Waals surface area contributed by atoms with Crippen molar-refractivity contribution in [2.75, 3.05) is 20.8 Å². The van der Waals surface area contributed by atoms with E-state index in [4.69, 9.17) is 9.47 Å². The molecule has 1 N–H and O–H groups in total. The first-order valence-corrected chi connectivity index (χ1v) is 9.03. The number of hydrogen-bond acceptors (Lipinski definition) is 5. The lowest BCUT2D eigenvalue weighted by atomic mass is 9.85. The molecule has 2 aliphatic rings. The molecule has 1 aliphatic heterocycles. The highest BCUT2D eigenvalue weighted by atomic mass is 16.5. The number of nitrogens with zero attached hydrogens (tertiary/aromatic N) is 1. The van der Waals surface area contributed by atoms with Crippen LogP contribution in [0, 0.1) is 11.8 Å². The maximum absolute atomic E-state index is 12.4. The van der Waals surface area contributed by atoms with Crippen LogP contribution < -0.4 is 14.8 Å². The SMILES string of the molecule is COc1ccc(CNC(=O)CCN2C(=O)C3CC=CCC3C2=O)cc1OC. The molecule has 2 atom stereocenters. The van der Waals surface area contributed by atoms with Crippen molar-refractivity contribution in [2.45, 2.75) is 25.8 Å². The van der Waals surface area contributed by atoms with Crippen molar-refractivity contribution in [3.05, 3.63) is 35.9 Å². The Morgan fingerprint density at radius 2 is 1.70 bits per heavy atom. The third kappa shape index (κ3) is 3.97. The number of allylic oxidation sites excluding steroid dienone is 2. The topological polar surface area (TPSA) is 84.9 Å². The minimum Gasteiger partial charge on any atom is -0.493 e. The summed E-state index contributed by atoms with van der Waals surface area (Å²) in [6.45, 7) is 0.457. The Labute approximate surface area is 158 Å². The van der Waals surface area contributed by atoms with E-state index in [1.165, 1.54) is 4.90 Å². The number of imide groups is 1. The molecule has 1 heterocycles. The Morgan fingerprint density at radius 1 is 1.07 bits per heavy atom. The normalized spacial score (nSPS) is 21.2. The lowest BCUT2D eigenvalue weighted by molar-refractivity contribution is -0.140. The smallest absolute Gasteiger partial charge is 0.233 e. The van der Waals surface area contributed by atoms with Crippen LogP contribution in [0.3, 0.4) is 0 Å². The second kappa shape index (κ2) is 8.24. The Morgan fingerprint density at radius 3 is 2.30 bits per heavy atom. The van der Waals surface area contributed by atoms with Crippen LogP contribution in [0.2, 0.25) is 0 Å². The van der Waals surface area contributed by atoms with Gasteiger partial charge >= 0.3 is 0 Å². The first kappa shape index (κ1) is 18.9. The summed E-state index contributed by atoms with van der Waals surface area (Å²) in [5, 5.41) is 2.81. The average molecular weight is 372 g/mol. The molecule has 7 nitrogen and oxygen atoms in total. The summed E-state index contributed by atoms with van der Waals surface area (Å²) in [5.41, 5.74) is 0.867. The lowest BCUT2D eigenvalue weighted by Crippen LogP contribution is -2.35. The predicted molar refractivity (Wildman–Crippen MR) is 98.1 cm³/mol. The van der Waals surface area contributed by atoms with Crippen LogP contribution in [0.1, 0.15) is 24.8 Å². The molecule has 0 radical (unpaired) electrons. The maximum Gasteiger partial charge on any atom is 0.233 e. The van der Waals surface area contributed by atoms with E-state index in [-0.39, 0.29) is 42.5 Å². The summed E-state index contributed by atoms with van der Waals surface area (Å²) in [4.78, 5) is 38.2. The van der Waals surface area contributed by atoms with Crippen molar-refractivity contribution in [1.29, 1.82) is 0 Å². The zero-order valence-corrected chi connectivity index (χ0v) is 15.6. The fourth-order valence-corrected chi connectivity index (χ4v) is 3.58. The zero-order valence-electron chi connectivity index (χ0n) is 15.6. The molecule has 0 aromatic heterocycles. The number of carbonyl (C=O) groups is 3. The third-order valence-electron chi connectivity index (χ3n) is 5.10. The van der Waals surface area contributed by atoms with Crippen LogP contribution in [0.5, 0.6) is 11.5 Å². The van der Waals surface area contributed by atoms with E-state index in [0.717, 1.165) is 5.56 Å². The number of rotatable bonds is 7. The van der Waals surface area contributed by atoms with Gasteiger partial charge in [-0.25, -0.2) is 0 Å². The largest absolute Gasteiger partial charge is 0.493 e. The van der Waals surface area contributed by atoms with Gasteiger partial charge in [0.25, 0.3) is 0 Å². The van der Waals surface area contributed by atoms with Gasteiger partial charge in [0.1, 0.15) is 0 Å². The highest BCUT2D eigenvalue weighted by molar-refractivity contribution is 6.05. The summed E-state index contributed by atoms with van der Waals surface area (Å²) in [7, 11) is 3.11. The van der Waals surface area contributed by atoms with Gasteiger partial charge in [0, 0.05) is 19.5 Å². The molecule has 1 aromatic carbocycles. The van der Waals surface area contributed by atoms with Crippen molar-refractivity contribution in [2.24, 2.45) is 11.8 Å². The number of likely N-dealkylation sites (tertiary alicyclic amines) is 1. The molecule has 1 fully saturated rings. The standard InChI is InChI=1S/C20H24N2O5/c1-26-16-8-7-13(11-17(16)27-2)12-21-18(23)9-10-22-19(24)14-5-3-4-6-15(14)20(22)25/h3-4,7-8,11,14-15H,5-6,9-10,12H2,1-2H3,(H,21,23). The van der Waals surface area contributed by atoms with E-state index in [0.29, 0.717) is 30.9 Å². The molecule has 144 valence electrons. The lowest BCUT2D eigenvalue weighted by Gasteiger charge is -2.14. The molecule has 1 saturated heterocycles. The van der Waals surface area contributed by atoms with Crippen LogP contribution in [0.15, 0.2) is 30.4 Å². The summed E-state index contributed by atoms with van der Waals surface area (Å²) >= 11 is 0. The van der Waals surface area contributed by atoms with Crippen molar-refractivity contribution in [1.82, 2.24) is 10.2 Å². The summed E-state index contributed by atoms with van der Waals surface area (Å²) in [6, 6.07) is 5.41. The number of nitrogens with one attached hydrogen (secondary N) is 1. The first-order chi connectivity index (χ1) is 13.0. The van der Waals surface area contributed by atoms with Crippen molar-refractivity contribution >= 4 is 17.7 Å². The first-order valence-electron chi connectivity index (χ1n) is 9.03. The van der Waals surface area contributed by atoms with Crippen molar-refractivity contribution in [3.8, 4) is 11.5 Å². The molecule has 27 heavy (non-hydrogen) atoms. The van der Waals surface area contributed by atoms with E-state index < -0.39 is 0 Å². The number of carbonyl (C=O) groups excluding carboxylic acids is 3. The van der Waals surface area contributed by atoms with E-state index in [9.17, 15) is 14.4 Å². The van der Waals surface area contributed by atoms with E-state index in [2.05, 4.69) is 5.32 Å². The molecular weight excluding hydrogens is 348 g/mol. The Balaban J connectivity index is 1.50. The van der Waals surface area contributed by atoms with Gasteiger partial charge in [-0.15, -0.1) is 0 Å². The number of hydrogen-bond donors (Lipinski definition) is 1. The summed E-state index contributed by atoms with van der Waals surface area (Å²) in [6.07, 6.45) is 5.21. The van der Waals surface area contributed by atoms with Crippen molar-refractivity contribution < 1.29 is 23.9 Å². The molecular formula is C20H24N2O5. The Bertz CT molecular complexity index is 748. The van der Waals surface area contributed by atoms with Crippen LogP contribution >= 0.6 is 0 Å². The summed E-state index contributed by atoms with van der Waals surface area (Å²) in [5.74, 6) is 0.195. The van der Waals surface area contributed by atoms with Crippen LogP contribution in [-0.4, -0.2) is 43.4 Å². The maximum atomic E-state index is 12.4. The van der Waals surface area contributed by atoms with Gasteiger partial charge < -0.3 is 14.8 Å². The molecule has 0 bridgehead atoms. The highest BCUT2D eigenvalue weighted by Gasteiger charge is 2.46. The predicted octanol–water partition coefficient (Wildman–Crippen LogP) is 1.66. The quantitative estimate of drug-likeness (QED) is 0.581. The number of benzene rings is 1. The van der Waals surface area contributed by atoms with Gasteiger partial charge in [-0.2, -0.15) is 0 Å².